The van der Waals surface area contributed by atoms with Crippen LogP contribution in [0.15, 0.2) is 121 Å². The highest BCUT2D eigenvalue weighted by molar-refractivity contribution is 7.26. The van der Waals surface area contributed by atoms with Crippen molar-refractivity contribution in [3.8, 4) is 28.7 Å². The fraction of sp³-hybridized carbons (Fsp3) is 0. The van der Waals surface area contributed by atoms with Crippen molar-refractivity contribution in [3.05, 3.63) is 121 Å². The van der Waals surface area contributed by atoms with Crippen LogP contribution in [0, 0.1) is 0 Å². The van der Waals surface area contributed by atoms with E-state index in [2.05, 4.69) is 126 Å². The third kappa shape index (κ3) is 2.88. The van der Waals surface area contributed by atoms with E-state index >= 15 is 0 Å². The average molecular weight is 541 g/mol. The van der Waals surface area contributed by atoms with Gasteiger partial charge in [-0.05, 0) is 47.3 Å². The topological polar surface area (TPSA) is 23.4 Å². The molecule has 0 aliphatic carbocycles. The highest BCUT2D eigenvalue weighted by atomic mass is 32.1. The van der Waals surface area contributed by atoms with Crippen LogP contribution < -0.4 is 25.9 Å². The number of hydrogen-bond donors (Lipinski definition) is 0. The van der Waals surface area contributed by atoms with Gasteiger partial charge in [-0.25, -0.2) is 0 Å². The van der Waals surface area contributed by atoms with E-state index in [9.17, 15) is 0 Å². The summed E-state index contributed by atoms with van der Waals surface area (Å²) in [5.41, 5.74) is 6.82. The van der Waals surface area contributed by atoms with Crippen molar-refractivity contribution in [1.82, 2.24) is 4.57 Å². The van der Waals surface area contributed by atoms with Gasteiger partial charge in [0.25, 0.3) is 6.71 Å². The molecule has 0 saturated heterocycles. The van der Waals surface area contributed by atoms with Crippen LogP contribution in [0.4, 0.5) is 0 Å². The minimum Gasteiger partial charge on any atom is -0.458 e. The van der Waals surface area contributed by atoms with Gasteiger partial charge in [0.15, 0.2) is 0 Å². The number of thiophene rings is 1. The van der Waals surface area contributed by atoms with Crippen LogP contribution >= 0.6 is 11.3 Å². The molecule has 4 heterocycles. The number of hydrogen-bond acceptors (Lipinski definition) is 3. The minimum atomic E-state index is 0.0375. The second-order valence-electron chi connectivity index (χ2n) is 10.9. The van der Waals surface area contributed by atoms with E-state index in [4.69, 9.17) is 9.47 Å². The summed E-state index contributed by atoms with van der Waals surface area (Å²) < 4.78 is 18.4. The fourth-order valence-electron chi connectivity index (χ4n) is 6.98. The molecule has 0 bridgehead atoms. The van der Waals surface area contributed by atoms with Gasteiger partial charge < -0.3 is 14.0 Å². The Morgan fingerprint density at radius 3 is 1.90 bits per heavy atom. The highest BCUT2D eigenvalue weighted by Gasteiger charge is 2.41. The van der Waals surface area contributed by atoms with E-state index in [0.717, 1.165) is 45.2 Å². The number of nitrogens with zero attached hydrogens (tertiary/aromatic N) is 1. The maximum Gasteiger partial charge on any atom is 0.260 e. The standard InChI is InChI=1S/C36H20BNO2S/c1-5-13-28-22(9-1)23-10-2-6-14-29(23)38(28)21-17-32-36-33(18-21)40-31-19-25-24-11-3-8-16-34(24)41-35(25)20-27(31)37(36)26-12-4-7-15-30(26)39-32/h1-20H. The van der Waals surface area contributed by atoms with E-state index in [1.165, 1.54) is 41.9 Å². The maximum absolute atomic E-state index is 6.84. The quantitative estimate of drug-likeness (QED) is 0.198. The molecular weight excluding hydrogens is 521 g/mol. The monoisotopic (exact) mass is 541 g/mol. The van der Waals surface area contributed by atoms with Crippen molar-refractivity contribution in [2.75, 3.05) is 0 Å². The molecule has 10 rings (SSSR count). The predicted molar refractivity (Wildman–Crippen MR) is 171 cm³/mol. The molecule has 0 saturated carbocycles. The summed E-state index contributed by atoms with van der Waals surface area (Å²) in [7, 11) is 0. The summed E-state index contributed by atoms with van der Waals surface area (Å²) in [5.74, 6) is 3.52. The number of para-hydroxylation sites is 3. The molecule has 3 nitrogen and oxygen atoms in total. The Hall–Kier alpha value is -5.00. The fourth-order valence-corrected chi connectivity index (χ4v) is 8.12. The molecule has 0 spiro atoms. The third-order valence-electron chi connectivity index (χ3n) is 8.71. The molecule has 2 aliphatic heterocycles. The molecule has 41 heavy (non-hydrogen) atoms. The number of fused-ring (bicyclic) bond motifs is 10. The van der Waals surface area contributed by atoms with E-state index in [1.807, 2.05) is 11.3 Å². The molecule has 0 amide bonds. The Morgan fingerprint density at radius 1 is 0.488 bits per heavy atom. The number of ether oxygens (including phenoxy) is 2. The van der Waals surface area contributed by atoms with Crippen molar-refractivity contribution < 1.29 is 9.47 Å². The Morgan fingerprint density at radius 2 is 1.12 bits per heavy atom. The second-order valence-corrected chi connectivity index (χ2v) is 12.0. The van der Waals surface area contributed by atoms with E-state index in [-0.39, 0.29) is 6.71 Å². The zero-order valence-corrected chi connectivity index (χ0v) is 22.6. The summed E-state index contributed by atoms with van der Waals surface area (Å²) in [6.45, 7) is 0.0375. The Bertz CT molecular complexity index is 2350. The van der Waals surface area contributed by atoms with Crippen molar-refractivity contribution >= 4 is 76.4 Å². The molecule has 0 radical (unpaired) electrons. The van der Waals surface area contributed by atoms with Crippen molar-refractivity contribution in [1.29, 1.82) is 0 Å². The summed E-state index contributed by atoms with van der Waals surface area (Å²) >= 11 is 1.84. The van der Waals surface area contributed by atoms with Gasteiger partial charge in [0, 0.05) is 48.5 Å². The van der Waals surface area contributed by atoms with Gasteiger partial charge in [-0.3, -0.25) is 0 Å². The molecule has 0 unspecified atom stereocenters. The molecule has 5 heteroatoms. The number of benzene rings is 6. The van der Waals surface area contributed by atoms with Gasteiger partial charge in [0.05, 0.1) is 16.7 Å². The first kappa shape index (κ1) is 21.8. The molecule has 2 aromatic heterocycles. The van der Waals surface area contributed by atoms with Crippen LogP contribution in [0.5, 0.6) is 23.0 Å². The lowest BCUT2D eigenvalue weighted by Gasteiger charge is -2.33. The van der Waals surface area contributed by atoms with Crippen LogP contribution in [-0.2, 0) is 0 Å². The summed E-state index contributed by atoms with van der Waals surface area (Å²) in [6.07, 6.45) is 0. The molecule has 190 valence electrons. The zero-order chi connectivity index (χ0) is 26.7. The summed E-state index contributed by atoms with van der Waals surface area (Å²) in [5, 5.41) is 4.98. The zero-order valence-electron chi connectivity index (χ0n) is 21.8. The minimum absolute atomic E-state index is 0.0375. The predicted octanol–water partition coefficient (Wildman–Crippen LogP) is 7.88. The SMILES string of the molecule is c1ccc2c(c1)Oc1cc(-n3c4ccccc4c4ccccc43)cc3c1B2c1cc2sc4ccccc4c2cc1O3. The Kier molecular flexibility index (Phi) is 4.15. The van der Waals surface area contributed by atoms with Gasteiger partial charge in [0.1, 0.15) is 23.0 Å². The lowest BCUT2D eigenvalue weighted by Crippen LogP contribution is -2.57. The molecule has 2 aliphatic rings. The Balaban J connectivity index is 1.28. The molecule has 0 N–H and O–H groups in total. The molecular formula is C36H20BNO2S. The largest absolute Gasteiger partial charge is 0.458 e. The molecule has 6 aromatic carbocycles. The first-order valence-electron chi connectivity index (χ1n) is 13.9. The van der Waals surface area contributed by atoms with Gasteiger partial charge in [-0.1, -0.05) is 72.8 Å². The third-order valence-corrected chi connectivity index (χ3v) is 9.84. The van der Waals surface area contributed by atoms with Crippen LogP contribution in [-0.4, -0.2) is 11.3 Å². The second kappa shape index (κ2) is 7.81. The van der Waals surface area contributed by atoms with Crippen LogP contribution in [0.3, 0.4) is 0 Å². The highest BCUT2D eigenvalue weighted by Crippen LogP contribution is 2.42. The molecule has 0 atom stereocenters. The van der Waals surface area contributed by atoms with Gasteiger partial charge in [0.2, 0.25) is 0 Å². The Labute approximate surface area is 239 Å². The number of aromatic nitrogens is 1. The van der Waals surface area contributed by atoms with Gasteiger partial charge in [-0.15, -0.1) is 11.3 Å². The van der Waals surface area contributed by atoms with Crippen LogP contribution in [0.2, 0.25) is 0 Å². The first-order chi connectivity index (χ1) is 20.3. The maximum atomic E-state index is 6.84. The van der Waals surface area contributed by atoms with Crippen molar-refractivity contribution in [2.24, 2.45) is 0 Å². The first-order valence-corrected chi connectivity index (χ1v) is 14.7. The van der Waals surface area contributed by atoms with Gasteiger partial charge >= 0.3 is 0 Å². The summed E-state index contributed by atoms with van der Waals surface area (Å²) in [6, 6.07) is 43.2. The van der Waals surface area contributed by atoms with Crippen molar-refractivity contribution in [2.45, 2.75) is 0 Å². The van der Waals surface area contributed by atoms with Crippen molar-refractivity contribution in [3.63, 3.8) is 0 Å². The smallest absolute Gasteiger partial charge is 0.260 e. The van der Waals surface area contributed by atoms with E-state index in [0.29, 0.717) is 0 Å². The van der Waals surface area contributed by atoms with Crippen LogP contribution in [0.25, 0.3) is 47.7 Å². The van der Waals surface area contributed by atoms with E-state index < -0.39 is 0 Å². The van der Waals surface area contributed by atoms with Crippen LogP contribution in [0.1, 0.15) is 0 Å². The number of rotatable bonds is 1. The molecule has 8 aromatic rings. The average Bonchev–Trinajstić information content (AvgIpc) is 3.55. The lowest BCUT2D eigenvalue weighted by atomic mass is 9.35. The van der Waals surface area contributed by atoms with E-state index in [1.54, 1.807) is 0 Å². The summed E-state index contributed by atoms with van der Waals surface area (Å²) in [4.78, 5) is 0. The normalized spacial score (nSPS) is 13.2. The lowest BCUT2D eigenvalue weighted by molar-refractivity contribution is 0.464. The van der Waals surface area contributed by atoms with Gasteiger partial charge in [-0.2, -0.15) is 0 Å². The molecule has 0 fully saturated rings.